The number of hydrogen-bond acceptors (Lipinski definition) is 9. The van der Waals surface area contributed by atoms with Crippen LogP contribution in [0, 0.1) is 0 Å². The van der Waals surface area contributed by atoms with Crippen molar-refractivity contribution < 1.29 is 25.3 Å². The molecule has 12 heteroatoms. The normalized spacial score (nSPS) is 13.3. The van der Waals surface area contributed by atoms with E-state index >= 15 is 0 Å². The molecule has 9 nitrogen and oxygen atoms in total. The number of hydrogen-bond donors (Lipinski definition) is 0. The first-order valence-electron chi connectivity index (χ1n) is 5.94. The van der Waals surface area contributed by atoms with E-state index in [0.717, 1.165) is 0 Å². The second kappa shape index (κ2) is 5.93. The van der Waals surface area contributed by atoms with Crippen LogP contribution >= 0.6 is 0 Å². The minimum absolute atomic E-state index is 0.395. The van der Waals surface area contributed by atoms with E-state index in [1.165, 1.54) is 20.8 Å². The van der Waals surface area contributed by atoms with Crippen molar-refractivity contribution in [2.24, 2.45) is 0 Å². The highest BCUT2D eigenvalue weighted by Crippen LogP contribution is 2.14. The smallest absolute Gasteiger partial charge is 0.220 e. The van der Waals surface area contributed by atoms with Crippen LogP contribution in [-0.2, 0) is 29.5 Å². The second-order valence-electron chi connectivity index (χ2n) is 3.89. The lowest BCUT2D eigenvalue weighted by Gasteiger charge is -2.06. The summed E-state index contributed by atoms with van der Waals surface area (Å²) in [5.41, 5.74) is 0. The lowest BCUT2D eigenvalue weighted by Crippen LogP contribution is -2.20. The minimum Gasteiger partial charge on any atom is -0.220 e. The predicted octanol–water partition coefficient (Wildman–Crippen LogP) is -0.748. The van der Waals surface area contributed by atoms with Gasteiger partial charge in [0.15, 0.2) is 0 Å². The van der Waals surface area contributed by atoms with Crippen molar-refractivity contribution >= 4 is 29.5 Å². The fourth-order valence-electron chi connectivity index (χ4n) is 1.13. The van der Waals surface area contributed by atoms with Crippen LogP contribution in [-0.4, -0.2) is 57.5 Å². The van der Waals surface area contributed by atoms with Crippen LogP contribution in [0.5, 0.6) is 0 Å². The molecule has 0 amide bonds. The van der Waals surface area contributed by atoms with Crippen molar-refractivity contribution in [2.75, 3.05) is 17.3 Å². The Bertz CT molecular complexity index is 716. The van der Waals surface area contributed by atoms with Crippen LogP contribution in [0.1, 0.15) is 20.8 Å². The fraction of sp³-hybridized carbons (Fsp3) is 0.667. The van der Waals surface area contributed by atoms with Gasteiger partial charge in [0.25, 0.3) is 15.5 Å². The van der Waals surface area contributed by atoms with Crippen LogP contribution in [0.25, 0.3) is 0 Å². The van der Waals surface area contributed by atoms with Crippen molar-refractivity contribution in [3.63, 3.8) is 0 Å². The van der Waals surface area contributed by atoms with Crippen molar-refractivity contribution in [2.45, 2.75) is 36.2 Å². The van der Waals surface area contributed by atoms with Gasteiger partial charge in [0, 0.05) is 0 Å². The standard InChI is InChI=1S/C9H15N3O6S3/c1-4-19(13,14)7-10-8(20(15,16)5-2)12-9(11-7)21(17,18)6-3/h4-6H2,1-3H3. The van der Waals surface area contributed by atoms with Gasteiger partial charge in [-0.1, -0.05) is 20.8 Å². The Morgan fingerprint density at radius 3 is 0.905 bits per heavy atom. The Hall–Kier alpha value is -1.14. The summed E-state index contributed by atoms with van der Waals surface area (Å²) >= 11 is 0. The Balaban J connectivity index is 3.80. The third-order valence-electron chi connectivity index (χ3n) is 2.55. The third-order valence-corrected chi connectivity index (χ3v) is 7.05. The van der Waals surface area contributed by atoms with E-state index < -0.39 is 62.2 Å². The molecular formula is C9H15N3O6S3. The molecule has 0 fully saturated rings. The van der Waals surface area contributed by atoms with Crippen LogP contribution in [0.4, 0.5) is 0 Å². The topological polar surface area (TPSA) is 141 Å². The van der Waals surface area contributed by atoms with Gasteiger partial charge in [0.2, 0.25) is 29.5 Å². The number of aromatic nitrogens is 3. The average Bonchev–Trinajstić information content (AvgIpc) is 2.46. The minimum atomic E-state index is -3.97. The predicted molar refractivity (Wildman–Crippen MR) is 73.0 cm³/mol. The highest BCUT2D eigenvalue weighted by molar-refractivity contribution is 7.92. The average molecular weight is 357 g/mol. The molecule has 1 rings (SSSR count). The number of rotatable bonds is 6. The highest BCUT2D eigenvalue weighted by Gasteiger charge is 2.28. The van der Waals surface area contributed by atoms with Crippen LogP contribution in [0.2, 0.25) is 0 Å². The van der Waals surface area contributed by atoms with Crippen LogP contribution < -0.4 is 0 Å². The molecule has 21 heavy (non-hydrogen) atoms. The third kappa shape index (κ3) is 3.74. The van der Waals surface area contributed by atoms with E-state index in [0.29, 0.717) is 0 Å². The number of nitrogens with zero attached hydrogens (tertiary/aromatic N) is 3. The van der Waals surface area contributed by atoms with E-state index in [1.807, 2.05) is 0 Å². The molecule has 120 valence electrons. The fourth-order valence-corrected chi connectivity index (χ4v) is 3.43. The van der Waals surface area contributed by atoms with Gasteiger partial charge in [-0.3, -0.25) is 0 Å². The van der Waals surface area contributed by atoms with Crippen molar-refractivity contribution in [1.29, 1.82) is 0 Å². The van der Waals surface area contributed by atoms with E-state index in [1.54, 1.807) is 0 Å². The summed E-state index contributed by atoms with van der Waals surface area (Å²) in [5.74, 6) is -1.18. The lowest BCUT2D eigenvalue weighted by molar-refractivity contribution is 0.548. The number of sulfone groups is 3. The first kappa shape index (κ1) is 17.9. The maximum Gasteiger partial charge on any atom is 0.252 e. The largest absolute Gasteiger partial charge is 0.252 e. The molecule has 0 atom stereocenters. The molecule has 0 radical (unpaired) electrons. The zero-order valence-electron chi connectivity index (χ0n) is 11.6. The molecular weight excluding hydrogens is 342 g/mol. The Labute approximate surface area is 123 Å². The first-order valence-corrected chi connectivity index (χ1v) is 10.9. The van der Waals surface area contributed by atoms with Crippen LogP contribution in [0.15, 0.2) is 15.5 Å². The molecule has 1 aromatic heterocycles. The molecule has 0 aliphatic rings. The van der Waals surface area contributed by atoms with Crippen molar-refractivity contribution in [1.82, 2.24) is 15.0 Å². The van der Waals surface area contributed by atoms with Gasteiger partial charge >= 0.3 is 0 Å². The summed E-state index contributed by atoms with van der Waals surface area (Å²) in [6.07, 6.45) is 0. The van der Waals surface area contributed by atoms with Gasteiger partial charge in [-0.2, -0.15) is 15.0 Å². The summed E-state index contributed by atoms with van der Waals surface area (Å²) in [4.78, 5) is 10.2. The van der Waals surface area contributed by atoms with Gasteiger partial charge < -0.3 is 0 Å². The summed E-state index contributed by atoms with van der Waals surface area (Å²) in [6, 6.07) is 0. The van der Waals surface area contributed by atoms with E-state index in [-0.39, 0.29) is 0 Å². The Morgan fingerprint density at radius 1 is 0.571 bits per heavy atom. The monoisotopic (exact) mass is 357 g/mol. The zero-order valence-corrected chi connectivity index (χ0v) is 14.1. The molecule has 0 spiro atoms. The van der Waals surface area contributed by atoms with E-state index in [9.17, 15) is 25.3 Å². The summed E-state index contributed by atoms with van der Waals surface area (Å²) in [7, 11) is -11.9. The maximum absolute atomic E-state index is 11.8. The molecule has 0 aliphatic heterocycles. The van der Waals surface area contributed by atoms with Crippen LogP contribution in [0.3, 0.4) is 0 Å². The van der Waals surface area contributed by atoms with Gasteiger partial charge in [-0.25, -0.2) is 25.3 Å². The molecule has 1 heterocycles. The lowest BCUT2D eigenvalue weighted by atomic mass is 11.0. The molecule has 1 aromatic rings. The quantitative estimate of drug-likeness (QED) is 0.643. The van der Waals surface area contributed by atoms with Gasteiger partial charge in [0.1, 0.15) is 0 Å². The Kier molecular flexibility index (Phi) is 5.05. The molecule has 0 unspecified atom stereocenters. The van der Waals surface area contributed by atoms with Gasteiger partial charge in [0.05, 0.1) is 17.3 Å². The molecule has 0 saturated carbocycles. The first-order chi connectivity index (χ1) is 9.50. The molecule has 0 bridgehead atoms. The molecule has 0 N–H and O–H groups in total. The maximum atomic E-state index is 11.8. The zero-order chi connectivity index (χ0) is 16.5. The van der Waals surface area contributed by atoms with Gasteiger partial charge in [-0.15, -0.1) is 0 Å². The molecule has 0 aromatic carbocycles. The summed E-state index contributed by atoms with van der Waals surface area (Å²) in [6.45, 7) is 3.92. The van der Waals surface area contributed by atoms with Crippen molar-refractivity contribution in [3.8, 4) is 0 Å². The molecule has 0 saturated heterocycles. The Morgan fingerprint density at radius 2 is 0.762 bits per heavy atom. The summed E-state index contributed by atoms with van der Waals surface area (Å²) < 4.78 is 70.8. The SMILES string of the molecule is CCS(=O)(=O)c1nc(S(=O)(=O)CC)nc(S(=O)(=O)CC)n1. The highest BCUT2D eigenvalue weighted by atomic mass is 32.2. The van der Waals surface area contributed by atoms with Crippen molar-refractivity contribution in [3.05, 3.63) is 0 Å². The second-order valence-corrected chi connectivity index (χ2v) is 10.4. The summed E-state index contributed by atoms with van der Waals surface area (Å²) in [5, 5.41) is -2.54. The van der Waals surface area contributed by atoms with E-state index in [2.05, 4.69) is 15.0 Å². The van der Waals surface area contributed by atoms with Gasteiger partial charge in [-0.05, 0) is 0 Å². The molecule has 0 aliphatic carbocycles. The van der Waals surface area contributed by atoms with E-state index in [4.69, 9.17) is 0 Å².